The van der Waals surface area contributed by atoms with Gasteiger partial charge < -0.3 is 10.6 Å². The number of carbonyl (C=O) groups is 2. The van der Waals surface area contributed by atoms with Crippen LogP contribution in [-0.4, -0.2) is 16.8 Å². The molecule has 5 nitrogen and oxygen atoms in total. The molecule has 1 aliphatic rings. The number of thiazole rings is 1. The van der Waals surface area contributed by atoms with Gasteiger partial charge in [-0.05, 0) is 30.5 Å². The van der Waals surface area contributed by atoms with Gasteiger partial charge >= 0.3 is 0 Å². The summed E-state index contributed by atoms with van der Waals surface area (Å²) < 4.78 is 0. The predicted molar refractivity (Wildman–Crippen MR) is 82.6 cm³/mol. The van der Waals surface area contributed by atoms with Gasteiger partial charge in [0.05, 0.1) is 12.1 Å². The fraction of sp³-hybridized carbons (Fsp3) is 0.267. The van der Waals surface area contributed by atoms with E-state index in [1.807, 2.05) is 30.5 Å². The molecular formula is C15H15N3O2S. The first-order chi connectivity index (χ1) is 10.1. The lowest BCUT2D eigenvalue weighted by atomic mass is 9.99. The maximum atomic E-state index is 12.0. The molecule has 0 atom stereocenters. The molecule has 1 aromatic carbocycles. The second-order valence-electron chi connectivity index (χ2n) is 5.06. The van der Waals surface area contributed by atoms with Crippen LogP contribution in [0.25, 0.3) is 0 Å². The van der Waals surface area contributed by atoms with E-state index in [1.165, 1.54) is 11.3 Å². The summed E-state index contributed by atoms with van der Waals surface area (Å²) in [6.07, 6.45) is 1.53. The Morgan fingerprint density at radius 3 is 3.05 bits per heavy atom. The molecule has 0 spiro atoms. The molecule has 1 aliphatic heterocycles. The van der Waals surface area contributed by atoms with Crippen molar-refractivity contribution in [2.24, 2.45) is 0 Å². The molecule has 2 aromatic rings. The summed E-state index contributed by atoms with van der Waals surface area (Å²) >= 11 is 1.42. The molecule has 0 saturated carbocycles. The number of nitrogens with zero attached hydrogens (tertiary/aromatic N) is 1. The number of aryl methyl sites for hydroxylation is 2. The number of rotatable bonds is 3. The number of fused-ring (bicyclic) bond motifs is 1. The first-order valence-electron chi connectivity index (χ1n) is 6.74. The zero-order chi connectivity index (χ0) is 14.8. The minimum absolute atomic E-state index is 0.0483. The standard InChI is InChI=1S/C15H15N3O2S/c1-9-8-21-15(16-9)18-14(20)7-10-2-4-12-11(6-10)3-5-13(19)17-12/h2,4,6,8H,3,5,7H2,1H3,(H,17,19)(H,16,18,20). The molecule has 2 heterocycles. The lowest BCUT2D eigenvalue weighted by molar-refractivity contribution is -0.117. The fourth-order valence-electron chi connectivity index (χ4n) is 2.31. The Balaban J connectivity index is 1.67. The highest BCUT2D eigenvalue weighted by Gasteiger charge is 2.15. The molecule has 1 aromatic heterocycles. The summed E-state index contributed by atoms with van der Waals surface area (Å²) in [6, 6.07) is 5.72. The van der Waals surface area contributed by atoms with E-state index in [0.29, 0.717) is 18.0 Å². The minimum Gasteiger partial charge on any atom is -0.326 e. The lowest BCUT2D eigenvalue weighted by Crippen LogP contribution is -2.19. The Labute approximate surface area is 126 Å². The molecule has 0 unspecified atom stereocenters. The topological polar surface area (TPSA) is 71.1 Å². The number of hydrogen-bond acceptors (Lipinski definition) is 4. The molecule has 0 fully saturated rings. The van der Waals surface area contributed by atoms with Crippen molar-refractivity contribution in [2.45, 2.75) is 26.2 Å². The molecule has 2 N–H and O–H groups in total. The maximum Gasteiger partial charge on any atom is 0.230 e. The number of nitrogens with one attached hydrogen (secondary N) is 2. The molecule has 21 heavy (non-hydrogen) atoms. The van der Waals surface area contributed by atoms with Gasteiger partial charge in [0, 0.05) is 17.5 Å². The highest BCUT2D eigenvalue weighted by molar-refractivity contribution is 7.13. The molecule has 3 rings (SSSR count). The largest absolute Gasteiger partial charge is 0.326 e. The molecule has 108 valence electrons. The van der Waals surface area contributed by atoms with Gasteiger partial charge in [-0.1, -0.05) is 12.1 Å². The van der Waals surface area contributed by atoms with Crippen LogP contribution in [0.5, 0.6) is 0 Å². The minimum atomic E-state index is -0.0795. The van der Waals surface area contributed by atoms with Crippen molar-refractivity contribution in [3.8, 4) is 0 Å². The van der Waals surface area contributed by atoms with Crippen molar-refractivity contribution in [2.75, 3.05) is 10.6 Å². The Kier molecular flexibility index (Phi) is 3.70. The summed E-state index contributed by atoms with van der Waals surface area (Å²) in [5, 5.41) is 8.16. The van der Waals surface area contributed by atoms with E-state index in [9.17, 15) is 9.59 Å². The van der Waals surface area contributed by atoms with Crippen LogP contribution in [0.15, 0.2) is 23.6 Å². The number of carbonyl (C=O) groups excluding carboxylic acids is 2. The summed E-state index contributed by atoms with van der Waals surface area (Å²) in [6.45, 7) is 1.89. The van der Waals surface area contributed by atoms with Gasteiger partial charge in [0.2, 0.25) is 11.8 Å². The van der Waals surface area contributed by atoms with Crippen LogP contribution < -0.4 is 10.6 Å². The third-order valence-electron chi connectivity index (χ3n) is 3.30. The molecule has 2 amide bonds. The monoisotopic (exact) mass is 301 g/mol. The van der Waals surface area contributed by atoms with Gasteiger partial charge in [0.15, 0.2) is 5.13 Å². The van der Waals surface area contributed by atoms with Crippen LogP contribution in [0.3, 0.4) is 0 Å². The Hall–Kier alpha value is -2.21. The number of anilines is 2. The van der Waals surface area contributed by atoms with E-state index < -0.39 is 0 Å². The average molecular weight is 301 g/mol. The Morgan fingerprint density at radius 2 is 2.29 bits per heavy atom. The highest BCUT2D eigenvalue weighted by atomic mass is 32.1. The SMILES string of the molecule is Cc1csc(NC(=O)Cc2ccc3c(c2)CCC(=O)N3)n1. The number of hydrogen-bond donors (Lipinski definition) is 2. The average Bonchev–Trinajstić information content (AvgIpc) is 2.84. The van der Waals surface area contributed by atoms with E-state index >= 15 is 0 Å². The van der Waals surface area contributed by atoms with Gasteiger partial charge in [-0.15, -0.1) is 11.3 Å². The van der Waals surface area contributed by atoms with E-state index in [1.54, 1.807) is 0 Å². The van der Waals surface area contributed by atoms with Crippen molar-refractivity contribution in [1.82, 2.24) is 4.98 Å². The predicted octanol–water partition coefficient (Wildman–Crippen LogP) is 2.52. The van der Waals surface area contributed by atoms with Gasteiger partial charge in [-0.3, -0.25) is 9.59 Å². The quantitative estimate of drug-likeness (QED) is 0.915. The van der Waals surface area contributed by atoms with Crippen molar-refractivity contribution in [3.05, 3.63) is 40.4 Å². The first-order valence-corrected chi connectivity index (χ1v) is 7.62. The van der Waals surface area contributed by atoms with E-state index in [4.69, 9.17) is 0 Å². The number of aromatic nitrogens is 1. The molecule has 0 radical (unpaired) electrons. The molecule has 0 aliphatic carbocycles. The molecule has 0 bridgehead atoms. The molecular weight excluding hydrogens is 286 g/mol. The second kappa shape index (κ2) is 5.65. The second-order valence-corrected chi connectivity index (χ2v) is 5.92. The third kappa shape index (κ3) is 3.28. The number of benzene rings is 1. The van der Waals surface area contributed by atoms with Gasteiger partial charge in [0.25, 0.3) is 0 Å². The van der Waals surface area contributed by atoms with Crippen LogP contribution in [0.1, 0.15) is 23.2 Å². The first kappa shape index (κ1) is 13.8. The summed E-state index contributed by atoms with van der Waals surface area (Å²) in [4.78, 5) is 27.5. The number of amides is 2. The van der Waals surface area contributed by atoms with Crippen LogP contribution in [-0.2, 0) is 22.4 Å². The van der Waals surface area contributed by atoms with Crippen molar-refractivity contribution < 1.29 is 9.59 Å². The highest BCUT2D eigenvalue weighted by Crippen LogP contribution is 2.24. The van der Waals surface area contributed by atoms with Gasteiger partial charge in [0.1, 0.15) is 0 Å². The van der Waals surface area contributed by atoms with Crippen LogP contribution in [0, 0.1) is 6.92 Å². The zero-order valence-electron chi connectivity index (χ0n) is 11.6. The van der Waals surface area contributed by atoms with E-state index in [2.05, 4.69) is 15.6 Å². The summed E-state index contributed by atoms with van der Waals surface area (Å²) in [7, 11) is 0. The zero-order valence-corrected chi connectivity index (χ0v) is 12.4. The van der Waals surface area contributed by atoms with Crippen molar-refractivity contribution in [1.29, 1.82) is 0 Å². The van der Waals surface area contributed by atoms with Crippen molar-refractivity contribution >= 4 is 34.0 Å². The molecule has 6 heteroatoms. The molecule has 0 saturated heterocycles. The van der Waals surface area contributed by atoms with Crippen LogP contribution >= 0.6 is 11.3 Å². The smallest absolute Gasteiger partial charge is 0.230 e. The lowest BCUT2D eigenvalue weighted by Gasteiger charge is -2.17. The normalized spacial score (nSPS) is 13.5. The summed E-state index contributed by atoms with van der Waals surface area (Å²) in [5.74, 6) is -0.0312. The third-order valence-corrected chi connectivity index (χ3v) is 4.17. The van der Waals surface area contributed by atoms with Crippen LogP contribution in [0.2, 0.25) is 0 Å². The van der Waals surface area contributed by atoms with Gasteiger partial charge in [-0.25, -0.2) is 4.98 Å². The Bertz CT molecular complexity index is 709. The van der Waals surface area contributed by atoms with Crippen LogP contribution in [0.4, 0.5) is 10.8 Å². The Morgan fingerprint density at radius 1 is 1.43 bits per heavy atom. The fourth-order valence-corrected chi connectivity index (χ4v) is 3.01. The van der Waals surface area contributed by atoms with Crippen molar-refractivity contribution in [3.63, 3.8) is 0 Å². The van der Waals surface area contributed by atoms with E-state index in [0.717, 1.165) is 28.9 Å². The summed E-state index contributed by atoms with van der Waals surface area (Å²) in [5.41, 5.74) is 3.78. The van der Waals surface area contributed by atoms with E-state index in [-0.39, 0.29) is 11.8 Å². The van der Waals surface area contributed by atoms with Gasteiger partial charge in [-0.2, -0.15) is 0 Å². The maximum absolute atomic E-state index is 12.0.